The summed E-state index contributed by atoms with van der Waals surface area (Å²) in [6.07, 6.45) is 1.28. The third-order valence-electron chi connectivity index (χ3n) is 3.03. The van der Waals surface area contributed by atoms with Crippen LogP contribution in [0, 0.1) is 0 Å². The summed E-state index contributed by atoms with van der Waals surface area (Å²) in [5.74, 6) is 0. The number of ether oxygens (including phenoxy) is 1. The second-order valence-electron chi connectivity index (χ2n) is 6.48. The van der Waals surface area contributed by atoms with Crippen LogP contribution in [-0.4, -0.2) is 26.1 Å². The van der Waals surface area contributed by atoms with Gasteiger partial charge in [-0.1, -0.05) is 50.3 Å². The van der Waals surface area contributed by atoms with Gasteiger partial charge in [-0.05, 0) is 38.9 Å². The molecule has 0 radical (unpaired) electrons. The lowest BCUT2D eigenvalue weighted by atomic mass is 10.2. The predicted molar refractivity (Wildman–Crippen MR) is 88.6 cm³/mol. The highest BCUT2D eigenvalue weighted by Gasteiger charge is 2.36. The molecule has 0 aliphatic carbocycles. The maximum absolute atomic E-state index is 11.9. The lowest BCUT2D eigenvalue weighted by Gasteiger charge is -2.29. The zero-order valence-electron chi connectivity index (χ0n) is 14.8. The highest BCUT2D eigenvalue weighted by Crippen LogP contribution is 2.28. The highest BCUT2D eigenvalue weighted by atomic mass is 28.4. The minimum Gasteiger partial charge on any atom is -0.501 e. The first kappa shape index (κ1) is 20.8. The summed E-state index contributed by atoms with van der Waals surface area (Å²) in [6, 6.07) is 2.76. The van der Waals surface area contributed by atoms with Gasteiger partial charge in [0.25, 0.3) is 8.32 Å². The zero-order chi connectivity index (χ0) is 17.2. The van der Waals surface area contributed by atoms with Gasteiger partial charge in [-0.2, -0.15) is 0 Å². The molecule has 7 heteroatoms. The molecular weight excluding hydrogens is 300 g/mol. The van der Waals surface area contributed by atoms with E-state index in [1.54, 1.807) is 20.8 Å². The van der Waals surface area contributed by atoms with Crippen molar-refractivity contribution in [3.8, 4) is 0 Å². The molecule has 22 heavy (non-hydrogen) atoms. The van der Waals surface area contributed by atoms with Crippen LogP contribution >= 0.6 is 0 Å². The van der Waals surface area contributed by atoms with E-state index < -0.39 is 26.1 Å². The normalized spacial score (nSPS) is 12.5. The third kappa shape index (κ3) is 8.91. The van der Waals surface area contributed by atoms with Gasteiger partial charge in [0.05, 0.1) is 0 Å². The summed E-state index contributed by atoms with van der Waals surface area (Å²) in [4.78, 5) is 23.3. The Bertz CT molecular complexity index is 374. The number of carbonyl (C=O) groups excluding carboxylic acids is 2. The lowest BCUT2D eigenvalue weighted by Crippen LogP contribution is -2.39. The maximum Gasteiger partial charge on any atom is 0.453 e. The van der Waals surface area contributed by atoms with Crippen LogP contribution in [0.25, 0.3) is 0 Å². The number of hydrogen-bond acceptors (Lipinski definition) is 4. The van der Waals surface area contributed by atoms with Crippen LogP contribution in [0.4, 0.5) is 9.59 Å². The minimum atomic E-state index is -2.13. The van der Waals surface area contributed by atoms with E-state index in [1.807, 2.05) is 0 Å². The molecule has 0 aliphatic heterocycles. The van der Waals surface area contributed by atoms with E-state index in [1.165, 1.54) is 0 Å². The maximum atomic E-state index is 11.9. The molecule has 0 rings (SSSR count). The molecule has 0 atom stereocenters. The molecule has 0 saturated heterocycles. The molecule has 128 valence electrons. The molecule has 0 N–H and O–H groups in total. The Labute approximate surface area is 134 Å². The molecule has 2 amide bonds. The van der Waals surface area contributed by atoms with Crippen LogP contribution in [0.3, 0.4) is 0 Å². The Balaban J connectivity index is 4.78. The molecular formula is C15H30N2O4Si. The van der Waals surface area contributed by atoms with Crippen LogP contribution in [0.2, 0.25) is 18.1 Å². The molecule has 0 unspecified atom stereocenters. The van der Waals surface area contributed by atoms with Gasteiger partial charge in [0.1, 0.15) is 5.60 Å². The van der Waals surface area contributed by atoms with E-state index in [2.05, 4.69) is 31.0 Å². The molecule has 0 aromatic heterocycles. The summed E-state index contributed by atoms with van der Waals surface area (Å²) in [5.41, 5.74) is -0.662. The summed E-state index contributed by atoms with van der Waals surface area (Å²) in [5, 5.41) is 6.65. The number of amides is 2. The Hall–Kier alpha value is -1.24. The van der Waals surface area contributed by atoms with E-state index in [0.29, 0.717) is 0 Å². The highest BCUT2D eigenvalue weighted by molar-refractivity contribution is 6.75. The van der Waals surface area contributed by atoms with Crippen LogP contribution in [0.15, 0.2) is 10.2 Å². The average Bonchev–Trinajstić information content (AvgIpc) is 2.35. The van der Waals surface area contributed by atoms with E-state index in [0.717, 1.165) is 37.4 Å². The third-order valence-corrected chi connectivity index (χ3v) is 7.87. The lowest BCUT2D eigenvalue weighted by molar-refractivity contribution is 0.0588. The van der Waals surface area contributed by atoms with Gasteiger partial charge < -0.3 is 9.16 Å². The van der Waals surface area contributed by atoms with Crippen molar-refractivity contribution >= 4 is 20.5 Å². The Kier molecular flexibility index (Phi) is 9.16. The summed E-state index contributed by atoms with van der Waals surface area (Å²) in [6.45, 7) is 11.4. The summed E-state index contributed by atoms with van der Waals surface area (Å²) >= 11 is 0. The smallest absolute Gasteiger partial charge is 0.453 e. The van der Waals surface area contributed by atoms with Crippen LogP contribution in [0.5, 0.6) is 0 Å². The van der Waals surface area contributed by atoms with Crippen molar-refractivity contribution < 1.29 is 18.8 Å². The number of nitrogens with zero attached hydrogens (tertiary/aromatic N) is 2. The van der Waals surface area contributed by atoms with E-state index in [9.17, 15) is 9.59 Å². The predicted octanol–water partition coefficient (Wildman–Crippen LogP) is 5.69. The fourth-order valence-corrected chi connectivity index (χ4v) is 6.67. The molecule has 0 spiro atoms. The van der Waals surface area contributed by atoms with Crippen LogP contribution in [-0.2, 0) is 9.16 Å². The van der Waals surface area contributed by atoms with Gasteiger partial charge >= 0.3 is 12.2 Å². The number of rotatable bonds is 7. The largest absolute Gasteiger partial charge is 0.501 e. The first-order valence-electron chi connectivity index (χ1n) is 8.05. The first-order valence-corrected chi connectivity index (χ1v) is 10.6. The number of azo groups is 1. The van der Waals surface area contributed by atoms with Gasteiger partial charge in [0.2, 0.25) is 0 Å². The monoisotopic (exact) mass is 330 g/mol. The summed E-state index contributed by atoms with van der Waals surface area (Å²) < 4.78 is 10.6. The van der Waals surface area contributed by atoms with Gasteiger partial charge in [-0.25, -0.2) is 9.59 Å². The topological polar surface area (TPSA) is 77.3 Å². The molecule has 0 aromatic carbocycles. The van der Waals surface area contributed by atoms with E-state index in [4.69, 9.17) is 9.16 Å². The fraction of sp³-hybridized carbons (Fsp3) is 0.867. The first-order chi connectivity index (χ1) is 10.2. The molecule has 0 bridgehead atoms. The second-order valence-corrected chi connectivity index (χ2v) is 10.6. The average molecular weight is 331 g/mol. The van der Waals surface area contributed by atoms with Gasteiger partial charge in [0, 0.05) is 0 Å². The van der Waals surface area contributed by atoms with Crippen molar-refractivity contribution in [2.45, 2.75) is 84.5 Å². The Morgan fingerprint density at radius 1 is 0.864 bits per heavy atom. The molecule has 0 fully saturated rings. The van der Waals surface area contributed by atoms with Gasteiger partial charge in [-0.15, -0.1) is 0 Å². The molecule has 6 nitrogen and oxygen atoms in total. The van der Waals surface area contributed by atoms with Gasteiger partial charge in [-0.3, -0.25) is 0 Å². The van der Waals surface area contributed by atoms with Crippen LogP contribution < -0.4 is 0 Å². The quantitative estimate of drug-likeness (QED) is 0.444. The standard InChI is InChI=1S/C15H30N2O4Si/c1-7-10-22(11-8-2,12-9-3)21-14(19)17-16-13(18)20-15(4,5)6/h7-12H2,1-6H3. The second kappa shape index (κ2) is 9.71. The fourth-order valence-electron chi connectivity index (χ4n) is 2.46. The van der Waals surface area contributed by atoms with Gasteiger partial charge in [0.15, 0.2) is 0 Å². The van der Waals surface area contributed by atoms with Crippen molar-refractivity contribution in [3.05, 3.63) is 0 Å². The molecule has 0 aromatic rings. The van der Waals surface area contributed by atoms with Crippen molar-refractivity contribution in [1.82, 2.24) is 0 Å². The van der Waals surface area contributed by atoms with E-state index >= 15 is 0 Å². The van der Waals surface area contributed by atoms with Crippen LogP contribution in [0.1, 0.15) is 60.8 Å². The Morgan fingerprint density at radius 3 is 1.64 bits per heavy atom. The molecule has 0 saturated carbocycles. The summed E-state index contributed by atoms with van der Waals surface area (Å²) in [7, 11) is -2.13. The minimum absolute atomic E-state index is 0.662. The zero-order valence-corrected chi connectivity index (χ0v) is 15.8. The number of carbonyl (C=O) groups is 2. The molecule has 0 aliphatic rings. The molecule has 0 heterocycles. The van der Waals surface area contributed by atoms with E-state index in [-0.39, 0.29) is 0 Å². The SMILES string of the molecule is CCC[Si](CCC)(CCC)OC(=O)N=NC(=O)OC(C)(C)C. The van der Waals surface area contributed by atoms with Crippen molar-refractivity contribution in [2.75, 3.05) is 0 Å². The van der Waals surface area contributed by atoms with Crippen molar-refractivity contribution in [1.29, 1.82) is 0 Å². The Morgan fingerprint density at radius 2 is 1.27 bits per heavy atom. The van der Waals surface area contributed by atoms with Crippen molar-refractivity contribution in [3.63, 3.8) is 0 Å². The van der Waals surface area contributed by atoms with Crippen molar-refractivity contribution in [2.24, 2.45) is 10.2 Å². The number of hydrogen-bond donors (Lipinski definition) is 0.